The normalized spacial score (nSPS) is 23.3. The summed E-state index contributed by atoms with van der Waals surface area (Å²) in [7, 11) is -2.03. The summed E-state index contributed by atoms with van der Waals surface area (Å²) in [6.07, 6.45) is 0.611. The van der Waals surface area contributed by atoms with Crippen LogP contribution in [0.5, 0.6) is 0 Å². The molecular formula is C21H25ClN4O3S. The molecule has 0 unspecified atom stereocenters. The van der Waals surface area contributed by atoms with Crippen molar-refractivity contribution in [3.05, 3.63) is 59.1 Å². The quantitative estimate of drug-likeness (QED) is 0.687. The Bertz CT molecular complexity index is 1060. The number of halogens is 1. The number of nitrogens with one attached hydrogen (secondary N) is 2. The predicted molar refractivity (Wildman–Crippen MR) is 119 cm³/mol. The van der Waals surface area contributed by atoms with E-state index in [1.165, 1.54) is 10.4 Å². The van der Waals surface area contributed by atoms with Crippen LogP contribution in [0.2, 0.25) is 5.02 Å². The molecule has 2 heterocycles. The van der Waals surface area contributed by atoms with Gasteiger partial charge >= 0.3 is 0 Å². The summed E-state index contributed by atoms with van der Waals surface area (Å²) in [6.45, 7) is 2.29. The molecule has 1 atom stereocenters. The Morgan fingerprint density at radius 3 is 2.87 bits per heavy atom. The van der Waals surface area contributed by atoms with E-state index >= 15 is 0 Å². The van der Waals surface area contributed by atoms with Gasteiger partial charge in [-0.3, -0.25) is 10.3 Å². The number of para-hydroxylation sites is 1. The van der Waals surface area contributed by atoms with Crippen LogP contribution in [0.3, 0.4) is 0 Å². The van der Waals surface area contributed by atoms with Crippen molar-refractivity contribution >= 4 is 33.1 Å². The van der Waals surface area contributed by atoms with Crippen molar-refractivity contribution in [3.63, 3.8) is 0 Å². The minimum atomic E-state index is -3.66. The Balaban J connectivity index is 1.66. The standard InChI is InChI=1S/C21H25ClN4O3S/c1-29-12-10-23-20-21(24-14-16-5-2-3-8-19(16)25-20)9-11-26(15-21)30(27,28)18-7-4-6-17(22)13-18/h2-8,13,24H,9-12,14-15H2,1H3,(H,23,25)/t21-/m1/s1. The molecule has 30 heavy (non-hydrogen) atoms. The van der Waals surface area contributed by atoms with Crippen molar-refractivity contribution in [1.82, 2.24) is 9.62 Å². The first-order chi connectivity index (χ1) is 14.4. The monoisotopic (exact) mass is 448 g/mol. The number of methoxy groups -OCH3 is 1. The maximum atomic E-state index is 13.2. The van der Waals surface area contributed by atoms with Crippen LogP contribution in [0.4, 0.5) is 5.69 Å². The zero-order chi connectivity index (χ0) is 21.2. The molecule has 0 amide bonds. The average molecular weight is 449 g/mol. The Morgan fingerprint density at radius 1 is 1.23 bits per heavy atom. The van der Waals surface area contributed by atoms with Crippen molar-refractivity contribution in [3.8, 4) is 0 Å². The van der Waals surface area contributed by atoms with Gasteiger partial charge in [-0.05, 0) is 36.2 Å². The number of rotatable bonds is 5. The summed E-state index contributed by atoms with van der Waals surface area (Å²) in [5.74, 6) is 0.744. The minimum absolute atomic E-state index is 0.204. The molecule has 2 aromatic rings. The maximum Gasteiger partial charge on any atom is 0.243 e. The first-order valence-corrected chi connectivity index (χ1v) is 11.7. The third-order valence-electron chi connectivity index (χ3n) is 5.57. The lowest BCUT2D eigenvalue weighted by atomic mass is 9.97. The molecule has 2 aliphatic heterocycles. The van der Waals surface area contributed by atoms with Crippen LogP contribution in [0.25, 0.3) is 0 Å². The molecule has 160 valence electrons. The number of hydrogen-bond acceptors (Lipinski definition) is 5. The fourth-order valence-electron chi connectivity index (χ4n) is 3.93. The number of benzene rings is 2. The molecule has 0 aliphatic carbocycles. The van der Waals surface area contributed by atoms with E-state index in [4.69, 9.17) is 21.3 Å². The number of fused-ring (bicyclic) bond motifs is 1. The topological polar surface area (TPSA) is 83.0 Å². The van der Waals surface area contributed by atoms with E-state index in [9.17, 15) is 8.42 Å². The molecule has 0 bridgehead atoms. The number of sulfonamides is 1. The number of ether oxygens (including phenoxy) is 1. The lowest BCUT2D eigenvalue weighted by molar-refractivity contribution is 0.207. The van der Waals surface area contributed by atoms with Crippen LogP contribution in [0.1, 0.15) is 12.0 Å². The smallest absolute Gasteiger partial charge is 0.243 e. The zero-order valence-corrected chi connectivity index (χ0v) is 18.3. The van der Waals surface area contributed by atoms with Gasteiger partial charge in [0.15, 0.2) is 0 Å². The van der Waals surface area contributed by atoms with Gasteiger partial charge in [-0.2, -0.15) is 4.31 Å². The van der Waals surface area contributed by atoms with Gasteiger partial charge in [0.05, 0.1) is 23.6 Å². The third kappa shape index (κ3) is 4.10. The Kier molecular flexibility index (Phi) is 6.13. The molecule has 1 saturated heterocycles. The highest BCUT2D eigenvalue weighted by atomic mass is 35.5. The molecule has 4 rings (SSSR count). The number of hydrogen-bond donors (Lipinski definition) is 2. The van der Waals surface area contributed by atoms with Gasteiger partial charge in [0, 0.05) is 37.5 Å². The second-order valence-electron chi connectivity index (χ2n) is 7.49. The largest absolute Gasteiger partial charge is 0.383 e. The average Bonchev–Trinajstić information content (AvgIpc) is 3.12. The van der Waals surface area contributed by atoms with E-state index in [0.717, 1.165) is 17.1 Å². The van der Waals surface area contributed by atoms with Crippen LogP contribution in [-0.2, 0) is 21.3 Å². The van der Waals surface area contributed by atoms with E-state index < -0.39 is 15.6 Å². The fourth-order valence-corrected chi connectivity index (χ4v) is 5.73. The molecule has 7 nitrogen and oxygen atoms in total. The number of nitrogens with zero attached hydrogens (tertiary/aromatic N) is 2. The zero-order valence-electron chi connectivity index (χ0n) is 16.8. The van der Waals surface area contributed by atoms with Gasteiger partial charge in [-0.15, -0.1) is 0 Å². The van der Waals surface area contributed by atoms with Gasteiger partial charge in [0.2, 0.25) is 10.0 Å². The molecular weight excluding hydrogens is 424 g/mol. The van der Waals surface area contributed by atoms with E-state index in [1.807, 2.05) is 18.2 Å². The van der Waals surface area contributed by atoms with E-state index in [-0.39, 0.29) is 11.4 Å². The summed E-state index contributed by atoms with van der Waals surface area (Å²) in [5, 5.41) is 7.45. The van der Waals surface area contributed by atoms with Crippen molar-refractivity contribution in [2.24, 2.45) is 4.99 Å². The first kappa shape index (κ1) is 21.3. The molecule has 1 spiro atoms. The first-order valence-electron chi connectivity index (χ1n) is 9.84. The van der Waals surface area contributed by atoms with Crippen LogP contribution < -0.4 is 10.6 Å². The lowest BCUT2D eigenvalue weighted by Crippen LogP contribution is -2.55. The summed E-state index contributed by atoms with van der Waals surface area (Å²) in [4.78, 5) is 4.95. The fraction of sp³-hybridized carbons (Fsp3) is 0.381. The lowest BCUT2D eigenvalue weighted by Gasteiger charge is -2.30. The van der Waals surface area contributed by atoms with Gasteiger partial charge in [0.25, 0.3) is 0 Å². The minimum Gasteiger partial charge on any atom is -0.383 e. The Morgan fingerprint density at radius 2 is 2.07 bits per heavy atom. The van der Waals surface area contributed by atoms with E-state index in [2.05, 4.69) is 16.7 Å². The summed E-state index contributed by atoms with van der Waals surface area (Å²) in [6, 6.07) is 14.4. The molecule has 2 N–H and O–H groups in total. The van der Waals surface area contributed by atoms with Gasteiger partial charge in [-0.25, -0.2) is 8.42 Å². The summed E-state index contributed by atoms with van der Waals surface area (Å²) < 4.78 is 33.2. The van der Waals surface area contributed by atoms with Gasteiger partial charge in [0.1, 0.15) is 5.84 Å². The molecule has 9 heteroatoms. The van der Waals surface area contributed by atoms with Gasteiger partial charge in [-0.1, -0.05) is 35.9 Å². The van der Waals surface area contributed by atoms with Crippen molar-refractivity contribution in [1.29, 1.82) is 0 Å². The highest BCUT2D eigenvalue weighted by molar-refractivity contribution is 7.89. The summed E-state index contributed by atoms with van der Waals surface area (Å²) in [5.41, 5.74) is 1.50. The molecule has 2 aromatic carbocycles. The van der Waals surface area contributed by atoms with Crippen LogP contribution in [0.15, 0.2) is 58.4 Å². The number of amidine groups is 1. The van der Waals surface area contributed by atoms with E-state index in [1.54, 1.807) is 25.3 Å². The summed E-state index contributed by atoms with van der Waals surface area (Å²) >= 11 is 6.03. The number of aliphatic imine (C=N–C) groups is 1. The second kappa shape index (κ2) is 8.64. The molecule has 2 aliphatic rings. The van der Waals surface area contributed by atoms with Crippen molar-refractivity contribution < 1.29 is 13.2 Å². The Labute approximate surface area is 182 Å². The van der Waals surface area contributed by atoms with Crippen molar-refractivity contribution in [2.45, 2.75) is 23.4 Å². The predicted octanol–water partition coefficient (Wildman–Crippen LogP) is 2.73. The highest BCUT2D eigenvalue weighted by Gasteiger charge is 2.47. The molecule has 0 radical (unpaired) electrons. The van der Waals surface area contributed by atoms with Crippen LogP contribution in [0, 0.1) is 0 Å². The second-order valence-corrected chi connectivity index (χ2v) is 9.86. The van der Waals surface area contributed by atoms with E-state index in [0.29, 0.717) is 37.7 Å². The SMILES string of the molecule is COCCN=C1Nc2ccccc2CN[C@@]12CCN(S(=O)(=O)c1cccc(Cl)c1)C2. The van der Waals surface area contributed by atoms with Crippen LogP contribution >= 0.6 is 11.6 Å². The molecule has 0 aromatic heterocycles. The number of anilines is 1. The highest BCUT2D eigenvalue weighted by Crippen LogP contribution is 2.32. The van der Waals surface area contributed by atoms with Crippen molar-refractivity contribution in [2.75, 3.05) is 38.7 Å². The maximum absolute atomic E-state index is 13.2. The third-order valence-corrected chi connectivity index (χ3v) is 7.65. The van der Waals surface area contributed by atoms with Gasteiger partial charge < -0.3 is 10.1 Å². The molecule has 1 fully saturated rings. The molecule has 0 saturated carbocycles. The Hall–Kier alpha value is -1.97. The van der Waals surface area contributed by atoms with Crippen LogP contribution in [-0.4, -0.2) is 57.4 Å².